The van der Waals surface area contributed by atoms with Crippen LogP contribution in [0.2, 0.25) is 0 Å². The number of rotatable bonds is 6. The summed E-state index contributed by atoms with van der Waals surface area (Å²) in [6.07, 6.45) is 0.805. The molecule has 0 fully saturated rings. The van der Waals surface area contributed by atoms with Gasteiger partial charge in [-0.25, -0.2) is 0 Å². The molecule has 0 heterocycles. The van der Waals surface area contributed by atoms with Crippen molar-refractivity contribution in [2.75, 3.05) is 11.1 Å². The highest BCUT2D eigenvalue weighted by atomic mass is 32.2. The summed E-state index contributed by atoms with van der Waals surface area (Å²) >= 11 is 0. The maximum atomic E-state index is 11.8. The molecule has 0 aliphatic rings. The monoisotopic (exact) mass is 268 g/mol. The molecule has 2 unspecified atom stereocenters. The highest BCUT2D eigenvalue weighted by molar-refractivity contribution is 7.86. The van der Waals surface area contributed by atoms with Crippen molar-refractivity contribution in [3.8, 4) is 0 Å². The lowest BCUT2D eigenvalue weighted by Crippen LogP contribution is -2.25. The summed E-state index contributed by atoms with van der Waals surface area (Å²) in [6, 6.07) is 7.36. The minimum Gasteiger partial charge on any atom is -0.326 e. The smallest absolute Gasteiger partial charge is 0.237 e. The van der Waals surface area contributed by atoms with Gasteiger partial charge in [-0.05, 0) is 18.1 Å². The predicted molar refractivity (Wildman–Crippen MR) is 75.7 cm³/mol. The average Bonchev–Trinajstić information content (AvgIpc) is 2.38. The molecule has 0 saturated carbocycles. The molecule has 5 heteroatoms. The van der Waals surface area contributed by atoms with Gasteiger partial charge in [-0.3, -0.25) is 9.00 Å². The number of nitrogens with two attached hydrogens (primary N) is 1. The van der Waals surface area contributed by atoms with Crippen LogP contribution in [0.5, 0.6) is 0 Å². The van der Waals surface area contributed by atoms with E-state index in [1.807, 2.05) is 32.0 Å². The Bertz CT molecular complexity index is 435. The van der Waals surface area contributed by atoms with Crippen LogP contribution in [-0.2, 0) is 22.1 Å². The summed E-state index contributed by atoms with van der Waals surface area (Å²) < 4.78 is 11.8. The molecule has 0 spiro atoms. The molecule has 0 saturated heterocycles. The number of anilines is 1. The van der Waals surface area contributed by atoms with Gasteiger partial charge in [0, 0.05) is 28.3 Å². The van der Waals surface area contributed by atoms with Crippen LogP contribution in [0.1, 0.15) is 25.8 Å². The van der Waals surface area contributed by atoms with Crippen LogP contribution in [0, 0.1) is 0 Å². The maximum absolute atomic E-state index is 11.8. The molecule has 1 aromatic rings. The second-order valence-corrected chi connectivity index (χ2v) is 6.01. The van der Waals surface area contributed by atoms with Crippen molar-refractivity contribution in [3.05, 3.63) is 29.8 Å². The van der Waals surface area contributed by atoms with Gasteiger partial charge in [0.1, 0.15) is 5.75 Å². The summed E-state index contributed by atoms with van der Waals surface area (Å²) in [7, 11) is -1.12. The first-order valence-electron chi connectivity index (χ1n) is 6.03. The fourth-order valence-electron chi connectivity index (χ4n) is 1.46. The first kappa shape index (κ1) is 14.9. The minimum atomic E-state index is -1.12. The Labute approximate surface area is 110 Å². The molecule has 4 nitrogen and oxygen atoms in total. The molecule has 100 valence electrons. The molecule has 1 amide bonds. The zero-order valence-electron chi connectivity index (χ0n) is 10.8. The fourth-order valence-corrected chi connectivity index (χ4v) is 2.45. The summed E-state index contributed by atoms with van der Waals surface area (Å²) in [6.45, 7) is 4.21. The second-order valence-electron chi connectivity index (χ2n) is 4.15. The molecule has 18 heavy (non-hydrogen) atoms. The van der Waals surface area contributed by atoms with Crippen LogP contribution in [-0.4, -0.2) is 21.1 Å². The molecule has 3 N–H and O–H groups in total. The van der Waals surface area contributed by atoms with E-state index < -0.39 is 10.8 Å². The molecule has 2 atom stereocenters. The van der Waals surface area contributed by atoms with E-state index >= 15 is 0 Å². The van der Waals surface area contributed by atoms with Crippen molar-refractivity contribution < 1.29 is 9.00 Å². The lowest BCUT2D eigenvalue weighted by molar-refractivity contribution is -0.113. The molecule has 0 aromatic heterocycles. The Morgan fingerprint density at radius 1 is 1.44 bits per heavy atom. The van der Waals surface area contributed by atoms with Crippen LogP contribution in [0.3, 0.4) is 0 Å². The highest BCUT2D eigenvalue weighted by Crippen LogP contribution is 2.14. The first-order valence-corrected chi connectivity index (χ1v) is 7.41. The van der Waals surface area contributed by atoms with E-state index in [1.165, 1.54) is 0 Å². The predicted octanol–water partition coefficient (Wildman–Crippen LogP) is 1.63. The fraction of sp³-hybridized carbons (Fsp3) is 0.462. The number of hydrogen-bond donors (Lipinski definition) is 2. The molecule has 1 aromatic carbocycles. The first-order chi connectivity index (χ1) is 8.58. The Balaban J connectivity index is 2.62. The van der Waals surface area contributed by atoms with Gasteiger partial charge < -0.3 is 11.1 Å². The molecule has 0 bridgehead atoms. The van der Waals surface area contributed by atoms with Crippen LogP contribution >= 0.6 is 0 Å². The minimum absolute atomic E-state index is 0.0356. The van der Waals surface area contributed by atoms with Crippen LogP contribution in [0.15, 0.2) is 24.3 Å². The van der Waals surface area contributed by atoms with Gasteiger partial charge in [0.15, 0.2) is 0 Å². The maximum Gasteiger partial charge on any atom is 0.237 e. The molecular formula is C13H20N2O2S. The Morgan fingerprint density at radius 3 is 2.72 bits per heavy atom. The van der Waals surface area contributed by atoms with Crippen LogP contribution in [0.4, 0.5) is 5.69 Å². The van der Waals surface area contributed by atoms with Gasteiger partial charge in [0.25, 0.3) is 0 Å². The van der Waals surface area contributed by atoms with E-state index in [2.05, 4.69) is 5.32 Å². The van der Waals surface area contributed by atoms with Crippen molar-refractivity contribution in [2.24, 2.45) is 5.73 Å². The zero-order chi connectivity index (χ0) is 13.5. The van der Waals surface area contributed by atoms with Gasteiger partial charge in [0.05, 0.1) is 0 Å². The SMILES string of the molecule is CCC(C)S(=O)CC(=O)Nc1ccccc1CN. The van der Waals surface area contributed by atoms with Crippen molar-refractivity contribution in [1.29, 1.82) is 0 Å². The van der Waals surface area contributed by atoms with E-state index in [4.69, 9.17) is 5.73 Å². The molecule has 0 radical (unpaired) electrons. The van der Waals surface area contributed by atoms with Crippen molar-refractivity contribution in [1.82, 2.24) is 0 Å². The topological polar surface area (TPSA) is 72.2 Å². The van der Waals surface area contributed by atoms with E-state index in [1.54, 1.807) is 6.07 Å². The largest absolute Gasteiger partial charge is 0.326 e. The lowest BCUT2D eigenvalue weighted by Gasteiger charge is -2.11. The third kappa shape index (κ3) is 4.23. The summed E-state index contributed by atoms with van der Waals surface area (Å²) in [4.78, 5) is 11.8. The average molecular weight is 268 g/mol. The number of nitrogens with one attached hydrogen (secondary N) is 1. The summed E-state index contributed by atoms with van der Waals surface area (Å²) in [5, 5.41) is 2.80. The van der Waals surface area contributed by atoms with E-state index in [-0.39, 0.29) is 16.9 Å². The summed E-state index contributed by atoms with van der Waals surface area (Å²) in [5.74, 6) is -0.192. The molecular weight excluding hydrogens is 248 g/mol. The lowest BCUT2D eigenvalue weighted by atomic mass is 10.2. The highest BCUT2D eigenvalue weighted by Gasteiger charge is 2.14. The molecule has 1 rings (SSSR count). The van der Waals surface area contributed by atoms with Crippen LogP contribution in [0.25, 0.3) is 0 Å². The van der Waals surface area contributed by atoms with E-state index in [9.17, 15) is 9.00 Å². The molecule has 0 aliphatic heterocycles. The van der Waals surface area contributed by atoms with E-state index in [0.717, 1.165) is 12.0 Å². The quantitative estimate of drug-likeness (QED) is 0.823. The van der Waals surface area contributed by atoms with Gasteiger partial charge in [-0.15, -0.1) is 0 Å². The third-order valence-corrected chi connectivity index (χ3v) is 4.59. The van der Waals surface area contributed by atoms with Gasteiger partial charge in [-0.1, -0.05) is 32.0 Å². The third-order valence-electron chi connectivity index (χ3n) is 2.81. The van der Waals surface area contributed by atoms with Crippen molar-refractivity contribution in [3.63, 3.8) is 0 Å². The van der Waals surface area contributed by atoms with Crippen LogP contribution < -0.4 is 11.1 Å². The van der Waals surface area contributed by atoms with Gasteiger partial charge >= 0.3 is 0 Å². The number of hydrogen-bond acceptors (Lipinski definition) is 3. The number of carbonyl (C=O) groups excluding carboxylic acids is 1. The number of para-hydroxylation sites is 1. The second kappa shape index (κ2) is 7.28. The number of carbonyl (C=O) groups is 1. The number of benzene rings is 1. The van der Waals surface area contributed by atoms with E-state index in [0.29, 0.717) is 12.2 Å². The van der Waals surface area contributed by atoms with Crippen molar-refractivity contribution in [2.45, 2.75) is 32.1 Å². The molecule has 0 aliphatic carbocycles. The van der Waals surface area contributed by atoms with Gasteiger partial charge in [0.2, 0.25) is 5.91 Å². The number of amides is 1. The standard InChI is InChI=1S/C13H20N2O2S/c1-3-10(2)18(17)9-13(16)15-12-7-5-4-6-11(12)8-14/h4-7,10H,3,8-9,14H2,1-2H3,(H,15,16). The Hall–Kier alpha value is -1.20. The van der Waals surface area contributed by atoms with Gasteiger partial charge in [-0.2, -0.15) is 0 Å². The van der Waals surface area contributed by atoms with Crippen molar-refractivity contribution >= 4 is 22.4 Å². The Morgan fingerprint density at radius 2 is 2.11 bits per heavy atom. The normalized spacial score (nSPS) is 13.9. The summed E-state index contributed by atoms with van der Waals surface area (Å²) in [5.41, 5.74) is 7.16. The Kier molecular flexibility index (Phi) is 6.01. The zero-order valence-corrected chi connectivity index (χ0v) is 11.6.